The summed E-state index contributed by atoms with van der Waals surface area (Å²) >= 11 is 1.14. The van der Waals surface area contributed by atoms with E-state index in [9.17, 15) is 13.2 Å². The molecule has 1 fully saturated rings. The van der Waals surface area contributed by atoms with Gasteiger partial charge in [0.15, 0.2) is 0 Å². The smallest absolute Gasteiger partial charge is 0.271 e. The van der Waals surface area contributed by atoms with Crippen molar-refractivity contribution in [1.82, 2.24) is 9.80 Å². The van der Waals surface area contributed by atoms with E-state index >= 15 is 0 Å². The van der Waals surface area contributed by atoms with Crippen molar-refractivity contribution in [2.45, 2.75) is 10.8 Å². The number of carbonyl (C=O) groups is 1. The molecule has 1 N–H and O–H groups in total. The Bertz CT molecular complexity index is 1090. The summed E-state index contributed by atoms with van der Waals surface area (Å²) in [5.41, 5.74) is 1.93. The number of thiophene rings is 1. The number of carbonyl (C=O) groups excluding carboxylic acids is 1. The summed E-state index contributed by atoms with van der Waals surface area (Å²) in [4.78, 5) is 17.2. The van der Waals surface area contributed by atoms with E-state index in [-0.39, 0.29) is 10.1 Å². The maximum absolute atomic E-state index is 13.1. The second-order valence-corrected chi connectivity index (χ2v) is 9.99. The first-order valence-corrected chi connectivity index (χ1v) is 12.1. The van der Waals surface area contributed by atoms with Crippen molar-refractivity contribution in [1.29, 1.82) is 0 Å². The number of para-hydroxylation sites is 1. The Morgan fingerprint density at radius 2 is 1.60 bits per heavy atom. The van der Waals surface area contributed by atoms with Crippen LogP contribution in [0.2, 0.25) is 0 Å². The molecule has 156 valence electrons. The fourth-order valence-electron chi connectivity index (χ4n) is 3.49. The normalized spacial score (nSPS) is 15.1. The third-order valence-electron chi connectivity index (χ3n) is 5.07. The summed E-state index contributed by atoms with van der Waals surface area (Å²) in [5.74, 6) is -0.154. The van der Waals surface area contributed by atoms with E-state index in [1.807, 2.05) is 18.2 Å². The van der Waals surface area contributed by atoms with E-state index in [0.717, 1.165) is 31.0 Å². The van der Waals surface area contributed by atoms with Gasteiger partial charge in [0.1, 0.15) is 4.21 Å². The van der Waals surface area contributed by atoms with E-state index in [1.165, 1.54) is 5.56 Å². The van der Waals surface area contributed by atoms with E-state index in [2.05, 4.69) is 21.8 Å². The summed E-state index contributed by atoms with van der Waals surface area (Å²) in [6, 6.07) is 20.3. The highest BCUT2D eigenvalue weighted by atomic mass is 32.2. The van der Waals surface area contributed by atoms with E-state index in [4.69, 9.17) is 0 Å². The molecule has 1 aromatic heterocycles. The molecule has 0 atom stereocenters. The van der Waals surface area contributed by atoms with Crippen LogP contribution < -0.4 is 4.72 Å². The number of anilines is 1. The third-order valence-corrected chi connectivity index (χ3v) is 7.83. The Balaban J connectivity index is 1.43. The van der Waals surface area contributed by atoms with Gasteiger partial charge < -0.3 is 4.90 Å². The van der Waals surface area contributed by atoms with Crippen LogP contribution in [0.25, 0.3) is 0 Å². The molecular weight excluding hydrogens is 418 g/mol. The monoisotopic (exact) mass is 441 g/mol. The molecule has 0 unspecified atom stereocenters. The number of piperazine rings is 1. The maximum Gasteiger partial charge on any atom is 0.271 e. The first kappa shape index (κ1) is 20.6. The molecule has 6 nitrogen and oxygen atoms in total. The summed E-state index contributed by atoms with van der Waals surface area (Å²) in [6.45, 7) is 3.64. The molecule has 1 aliphatic heterocycles. The van der Waals surface area contributed by atoms with Gasteiger partial charge in [0, 0.05) is 32.7 Å². The lowest BCUT2D eigenvalue weighted by Crippen LogP contribution is -2.48. The van der Waals surface area contributed by atoms with Crippen molar-refractivity contribution in [2.24, 2.45) is 0 Å². The molecule has 0 spiro atoms. The Hall–Kier alpha value is -2.68. The number of amides is 1. The van der Waals surface area contributed by atoms with E-state index < -0.39 is 10.0 Å². The number of rotatable bonds is 6. The summed E-state index contributed by atoms with van der Waals surface area (Å²) in [6.07, 6.45) is 0. The Kier molecular flexibility index (Phi) is 6.17. The minimum atomic E-state index is -3.71. The van der Waals surface area contributed by atoms with Gasteiger partial charge in [-0.05, 0) is 29.1 Å². The molecule has 1 saturated heterocycles. The van der Waals surface area contributed by atoms with Crippen LogP contribution >= 0.6 is 11.3 Å². The molecule has 0 radical (unpaired) electrons. The predicted molar refractivity (Wildman–Crippen MR) is 119 cm³/mol. The van der Waals surface area contributed by atoms with Crippen LogP contribution in [0.4, 0.5) is 5.69 Å². The van der Waals surface area contributed by atoms with Gasteiger partial charge in [0.25, 0.3) is 15.9 Å². The summed E-state index contributed by atoms with van der Waals surface area (Å²) in [5, 5.41) is 1.71. The van der Waals surface area contributed by atoms with E-state index in [1.54, 1.807) is 46.7 Å². The van der Waals surface area contributed by atoms with Gasteiger partial charge in [-0.1, -0.05) is 48.5 Å². The zero-order valence-electron chi connectivity index (χ0n) is 16.4. The molecule has 4 rings (SSSR count). The minimum Gasteiger partial charge on any atom is -0.336 e. The van der Waals surface area contributed by atoms with Crippen molar-refractivity contribution < 1.29 is 13.2 Å². The highest BCUT2D eigenvalue weighted by molar-refractivity contribution is 7.94. The molecule has 3 aromatic rings. The fourth-order valence-corrected chi connectivity index (χ4v) is 5.56. The lowest BCUT2D eigenvalue weighted by Gasteiger charge is -2.35. The number of hydrogen-bond donors (Lipinski definition) is 1. The van der Waals surface area contributed by atoms with Gasteiger partial charge in [0.05, 0.1) is 11.3 Å². The molecule has 2 heterocycles. The van der Waals surface area contributed by atoms with Crippen molar-refractivity contribution in [2.75, 3.05) is 30.9 Å². The molecule has 1 aliphatic rings. The highest BCUT2D eigenvalue weighted by Gasteiger charge is 2.25. The molecular formula is C22H23N3O3S2. The average Bonchev–Trinajstić information content (AvgIpc) is 3.31. The second kappa shape index (κ2) is 8.99. The second-order valence-electron chi connectivity index (χ2n) is 7.14. The Morgan fingerprint density at radius 1 is 0.900 bits per heavy atom. The van der Waals surface area contributed by atoms with Crippen molar-refractivity contribution in [3.05, 3.63) is 83.2 Å². The van der Waals surface area contributed by atoms with Gasteiger partial charge in [0.2, 0.25) is 0 Å². The minimum absolute atomic E-state index is 0.154. The van der Waals surface area contributed by atoms with Crippen LogP contribution in [0.3, 0.4) is 0 Å². The lowest BCUT2D eigenvalue weighted by molar-refractivity contribution is 0.0629. The van der Waals surface area contributed by atoms with Crippen LogP contribution in [0, 0.1) is 0 Å². The Labute approximate surface area is 180 Å². The third kappa shape index (κ3) is 4.72. The van der Waals surface area contributed by atoms with Gasteiger partial charge in [-0.15, -0.1) is 11.3 Å². The van der Waals surface area contributed by atoms with Crippen LogP contribution in [0.15, 0.2) is 76.3 Å². The molecule has 30 heavy (non-hydrogen) atoms. The first-order chi connectivity index (χ1) is 14.5. The van der Waals surface area contributed by atoms with Crippen molar-refractivity contribution in [3.8, 4) is 0 Å². The van der Waals surface area contributed by atoms with Crippen LogP contribution in [0.5, 0.6) is 0 Å². The lowest BCUT2D eigenvalue weighted by atomic mass is 10.1. The average molecular weight is 442 g/mol. The topological polar surface area (TPSA) is 69.7 Å². The van der Waals surface area contributed by atoms with E-state index in [0.29, 0.717) is 24.3 Å². The van der Waals surface area contributed by atoms with Crippen molar-refractivity contribution >= 4 is 33.0 Å². The van der Waals surface area contributed by atoms with Gasteiger partial charge >= 0.3 is 0 Å². The SMILES string of the molecule is O=C(c1ccccc1NS(=O)(=O)c1cccs1)N1CCN(Cc2ccccc2)CC1. The van der Waals surface area contributed by atoms with Crippen molar-refractivity contribution in [3.63, 3.8) is 0 Å². The number of benzene rings is 2. The first-order valence-electron chi connectivity index (χ1n) is 9.74. The van der Waals surface area contributed by atoms with Gasteiger partial charge in [-0.2, -0.15) is 0 Å². The Morgan fingerprint density at radius 3 is 2.30 bits per heavy atom. The zero-order valence-corrected chi connectivity index (χ0v) is 18.0. The van der Waals surface area contributed by atoms with Gasteiger partial charge in [-0.3, -0.25) is 14.4 Å². The van der Waals surface area contributed by atoms with Gasteiger partial charge in [-0.25, -0.2) is 8.42 Å². The quantitative estimate of drug-likeness (QED) is 0.636. The molecule has 0 saturated carbocycles. The largest absolute Gasteiger partial charge is 0.336 e. The number of nitrogens with one attached hydrogen (secondary N) is 1. The standard InChI is InChI=1S/C22H23N3O3S2/c26-22(25-14-12-24(13-15-25)17-18-7-2-1-3-8-18)19-9-4-5-10-20(19)23-30(27,28)21-11-6-16-29-21/h1-11,16,23H,12-15,17H2. The molecule has 1 amide bonds. The fraction of sp³-hybridized carbons (Fsp3) is 0.227. The molecule has 2 aromatic carbocycles. The summed E-state index contributed by atoms with van der Waals surface area (Å²) < 4.78 is 28.0. The number of nitrogens with zero attached hydrogens (tertiary/aromatic N) is 2. The van der Waals surface area contributed by atoms with Crippen LogP contribution in [0.1, 0.15) is 15.9 Å². The molecule has 0 bridgehead atoms. The van der Waals surface area contributed by atoms with Crippen LogP contribution in [-0.4, -0.2) is 50.3 Å². The number of sulfonamides is 1. The predicted octanol–water partition coefficient (Wildman–Crippen LogP) is 3.51. The number of hydrogen-bond acceptors (Lipinski definition) is 5. The van der Waals surface area contributed by atoms with Crippen LogP contribution in [-0.2, 0) is 16.6 Å². The summed E-state index contributed by atoms with van der Waals surface area (Å²) in [7, 11) is -3.71. The maximum atomic E-state index is 13.1. The zero-order chi connectivity index (χ0) is 21.0. The molecule has 0 aliphatic carbocycles. The highest BCUT2D eigenvalue weighted by Crippen LogP contribution is 2.24. The molecule has 8 heteroatoms.